The van der Waals surface area contributed by atoms with Gasteiger partial charge in [0.25, 0.3) is 0 Å². The first kappa shape index (κ1) is 18.2. The summed E-state index contributed by atoms with van der Waals surface area (Å²) in [5, 5.41) is 11.8. The fourth-order valence-electron chi connectivity index (χ4n) is 3.53. The fraction of sp³-hybridized carbons (Fsp3) is 0.364. The summed E-state index contributed by atoms with van der Waals surface area (Å²) in [7, 11) is 0. The van der Waals surface area contributed by atoms with E-state index in [4.69, 9.17) is 5.26 Å². The van der Waals surface area contributed by atoms with Crippen LogP contribution in [0.15, 0.2) is 54.6 Å². The van der Waals surface area contributed by atoms with E-state index in [1.165, 1.54) is 5.56 Å². The molecule has 2 aromatic rings. The number of hydrogen-bond acceptors (Lipinski definition) is 3. The zero-order valence-electron chi connectivity index (χ0n) is 15.2. The van der Waals surface area contributed by atoms with Crippen LogP contribution in [0.5, 0.6) is 0 Å². The van der Waals surface area contributed by atoms with Crippen molar-refractivity contribution >= 4 is 11.6 Å². The molecular weight excluding hydrogens is 322 g/mol. The molecule has 0 radical (unpaired) electrons. The van der Waals surface area contributed by atoms with Crippen LogP contribution < -0.4 is 5.32 Å². The summed E-state index contributed by atoms with van der Waals surface area (Å²) in [6.07, 6.45) is 3.38. The molecule has 4 nitrogen and oxygen atoms in total. The monoisotopic (exact) mass is 347 g/mol. The molecule has 1 amide bonds. The summed E-state index contributed by atoms with van der Waals surface area (Å²) < 4.78 is 0. The van der Waals surface area contributed by atoms with Crippen molar-refractivity contribution in [3.05, 3.63) is 65.7 Å². The third-order valence-electron chi connectivity index (χ3n) is 5.23. The van der Waals surface area contributed by atoms with Gasteiger partial charge in [-0.15, -0.1) is 0 Å². The summed E-state index contributed by atoms with van der Waals surface area (Å²) in [6, 6.07) is 19.6. The number of piperidine rings is 1. The summed E-state index contributed by atoms with van der Waals surface area (Å²) in [5.74, 6) is 0.707. The van der Waals surface area contributed by atoms with Gasteiger partial charge in [-0.05, 0) is 75.0 Å². The molecule has 1 aliphatic rings. The van der Waals surface area contributed by atoms with Crippen LogP contribution in [0.2, 0.25) is 0 Å². The summed E-state index contributed by atoms with van der Waals surface area (Å²) in [4.78, 5) is 14.8. The van der Waals surface area contributed by atoms with Crippen molar-refractivity contribution in [1.82, 2.24) is 4.90 Å². The largest absolute Gasteiger partial charge is 0.325 e. The molecular formula is C22H25N3O. The van der Waals surface area contributed by atoms with Crippen LogP contribution in [0.1, 0.15) is 30.9 Å². The maximum Gasteiger partial charge on any atom is 0.241 e. The number of nitrogens with zero attached hydrogens (tertiary/aromatic N) is 2. The zero-order chi connectivity index (χ0) is 18.4. The topological polar surface area (TPSA) is 56.1 Å². The number of benzene rings is 2. The lowest BCUT2D eigenvalue weighted by atomic mass is 9.89. The molecule has 1 aliphatic heterocycles. The maximum atomic E-state index is 12.5. The Morgan fingerprint density at radius 3 is 2.42 bits per heavy atom. The van der Waals surface area contributed by atoms with Crippen molar-refractivity contribution in [1.29, 1.82) is 5.26 Å². The summed E-state index contributed by atoms with van der Waals surface area (Å²) in [5.41, 5.74) is 2.73. The van der Waals surface area contributed by atoms with Crippen molar-refractivity contribution < 1.29 is 4.79 Å². The Kier molecular flexibility index (Phi) is 6.04. The van der Waals surface area contributed by atoms with E-state index in [9.17, 15) is 4.79 Å². The third kappa shape index (κ3) is 4.71. The van der Waals surface area contributed by atoms with Crippen molar-refractivity contribution in [2.24, 2.45) is 5.92 Å². The number of amides is 1. The van der Waals surface area contributed by atoms with Crippen LogP contribution in [0.25, 0.3) is 0 Å². The minimum absolute atomic E-state index is 0.0104. The van der Waals surface area contributed by atoms with E-state index in [1.54, 1.807) is 24.3 Å². The number of hydrogen-bond donors (Lipinski definition) is 1. The average molecular weight is 347 g/mol. The van der Waals surface area contributed by atoms with Gasteiger partial charge in [0.2, 0.25) is 5.91 Å². The van der Waals surface area contributed by atoms with Crippen molar-refractivity contribution in [3.63, 3.8) is 0 Å². The first-order chi connectivity index (χ1) is 12.7. The molecule has 1 heterocycles. The molecule has 0 bridgehead atoms. The third-order valence-corrected chi connectivity index (χ3v) is 5.23. The predicted octanol–water partition coefficient (Wildman–Crippen LogP) is 3.84. The molecule has 1 fully saturated rings. The van der Waals surface area contributed by atoms with Gasteiger partial charge in [-0.2, -0.15) is 5.26 Å². The van der Waals surface area contributed by atoms with E-state index in [-0.39, 0.29) is 11.9 Å². The van der Waals surface area contributed by atoms with Crippen LogP contribution in [0.3, 0.4) is 0 Å². The molecule has 3 rings (SSSR count). The van der Waals surface area contributed by atoms with Gasteiger partial charge in [-0.25, -0.2) is 0 Å². The molecule has 0 unspecified atom stereocenters. The highest BCUT2D eigenvalue weighted by molar-refractivity contribution is 5.94. The highest BCUT2D eigenvalue weighted by atomic mass is 16.2. The Balaban J connectivity index is 1.48. The summed E-state index contributed by atoms with van der Waals surface area (Å²) >= 11 is 0. The first-order valence-electron chi connectivity index (χ1n) is 9.24. The smallest absolute Gasteiger partial charge is 0.241 e. The lowest BCUT2D eigenvalue weighted by Gasteiger charge is -2.35. The normalized spacial score (nSPS) is 16.6. The molecule has 1 atom stereocenters. The quantitative estimate of drug-likeness (QED) is 0.894. The van der Waals surface area contributed by atoms with Crippen LogP contribution >= 0.6 is 0 Å². The Morgan fingerprint density at radius 1 is 1.15 bits per heavy atom. The van der Waals surface area contributed by atoms with Gasteiger partial charge >= 0.3 is 0 Å². The second kappa shape index (κ2) is 8.64. The maximum absolute atomic E-state index is 12.5. The molecule has 0 aromatic heterocycles. The predicted molar refractivity (Wildman–Crippen MR) is 104 cm³/mol. The minimum atomic E-state index is -0.150. The molecule has 4 heteroatoms. The number of likely N-dealkylation sites (tertiary alicyclic amines) is 1. The van der Waals surface area contributed by atoms with Gasteiger partial charge in [-0.1, -0.05) is 30.3 Å². The van der Waals surface area contributed by atoms with E-state index in [2.05, 4.69) is 46.6 Å². The van der Waals surface area contributed by atoms with E-state index < -0.39 is 0 Å². The molecule has 0 spiro atoms. The van der Waals surface area contributed by atoms with E-state index in [0.29, 0.717) is 11.5 Å². The molecule has 1 N–H and O–H groups in total. The van der Waals surface area contributed by atoms with Gasteiger partial charge in [0.1, 0.15) is 0 Å². The Morgan fingerprint density at radius 2 is 1.81 bits per heavy atom. The zero-order valence-corrected chi connectivity index (χ0v) is 15.2. The number of nitriles is 1. The SMILES string of the molecule is C[C@@H](C(=O)Nc1ccc(C#N)cc1)N1CCC(Cc2ccccc2)CC1. The lowest BCUT2D eigenvalue weighted by Crippen LogP contribution is -2.46. The van der Waals surface area contributed by atoms with Gasteiger partial charge in [-0.3, -0.25) is 9.69 Å². The highest BCUT2D eigenvalue weighted by Gasteiger charge is 2.26. The summed E-state index contributed by atoms with van der Waals surface area (Å²) in [6.45, 7) is 3.88. The number of carbonyl (C=O) groups is 1. The van der Waals surface area contributed by atoms with Crippen LogP contribution in [0, 0.1) is 17.2 Å². The standard InChI is InChI=1S/C22H25N3O/c1-17(22(26)24-21-9-7-20(16-23)8-10-21)25-13-11-19(12-14-25)15-18-5-3-2-4-6-18/h2-10,17,19H,11-15H2,1H3,(H,24,26)/t17-/m0/s1. The van der Waals surface area contributed by atoms with Gasteiger partial charge < -0.3 is 5.32 Å². The van der Waals surface area contributed by atoms with E-state index >= 15 is 0 Å². The second-order valence-electron chi connectivity index (χ2n) is 7.02. The van der Waals surface area contributed by atoms with E-state index in [0.717, 1.165) is 38.0 Å². The molecule has 0 aliphatic carbocycles. The fourth-order valence-corrected chi connectivity index (χ4v) is 3.53. The molecule has 26 heavy (non-hydrogen) atoms. The highest BCUT2D eigenvalue weighted by Crippen LogP contribution is 2.23. The van der Waals surface area contributed by atoms with Crippen LogP contribution in [-0.2, 0) is 11.2 Å². The van der Waals surface area contributed by atoms with Crippen molar-refractivity contribution in [3.8, 4) is 6.07 Å². The van der Waals surface area contributed by atoms with E-state index in [1.807, 2.05) is 6.92 Å². The number of carbonyl (C=O) groups excluding carboxylic acids is 1. The number of nitrogens with one attached hydrogen (secondary N) is 1. The Hall–Kier alpha value is -2.64. The molecule has 2 aromatic carbocycles. The Labute approximate surface area is 155 Å². The number of rotatable bonds is 5. The van der Waals surface area contributed by atoms with Crippen LogP contribution in [-0.4, -0.2) is 29.9 Å². The van der Waals surface area contributed by atoms with Crippen molar-refractivity contribution in [2.75, 3.05) is 18.4 Å². The Bertz CT molecular complexity index is 756. The van der Waals surface area contributed by atoms with Crippen molar-refractivity contribution in [2.45, 2.75) is 32.2 Å². The minimum Gasteiger partial charge on any atom is -0.325 e. The first-order valence-corrected chi connectivity index (χ1v) is 9.24. The average Bonchev–Trinajstić information content (AvgIpc) is 2.69. The molecule has 1 saturated heterocycles. The van der Waals surface area contributed by atoms with Gasteiger partial charge in [0.15, 0.2) is 0 Å². The lowest BCUT2D eigenvalue weighted by molar-refractivity contribution is -0.121. The molecule has 0 saturated carbocycles. The second-order valence-corrected chi connectivity index (χ2v) is 7.02. The molecule has 134 valence electrons. The van der Waals surface area contributed by atoms with Crippen LogP contribution in [0.4, 0.5) is 5.69 Å². The van der Waals surface area contributed by atoms with Gasteiger partial charge in [0, 0.05) is 5.69 Å². The van der Waals surface area contributed by atoms with Gasteiger partial charge in [0.05, 0.1) is 17.7 Å². The number of anilines is 1.